The Kier molecular flexibility index (Phi) is 6.45. The van der Waals surface area contributed by atoms with Crippen LogP contribution in [-0.4, -0.2) is 41.0 Å². The maximum atomic E-state index is 13.5. The van der Waals surface area contributed by atoms with E-state index in [4.69, 9.17) is 4.74 Å². The Morgan fingerprint density at radius 2 is 1.83 bits per heavy atom. The summed E-state index contributed by atoms with van der Waals surface area (Å²) in [4.78, 5) is 13.0. The summed E-state index contributed by atoms with van der Waals surface area (Å²) in [5, 5.41) is 17.1. The van der Waals surface area contributed by atoms with Crippen LogP contribution in [-0.2, 0) is 16.0 Å². The molecule has 1 aromatic carbocycles. The van der Waals surface area contributed by atoms with Crippen LogP contribution in [0.2, 0.25) is 0 Å². The van der Waals surface area contributed by atoms with E-state index in [-0.39, 0.29) is 16.5 Å². The minimum absolute atomic E-state index is 0.0540. The molecule has 2 heterocycles. The highest BCUT2D eigenvalue weighted by Crippen LogP contribution is 2.36. The van der Waals surface area contributed by atoms with Gasteiger partial charge in [-0.05, 0) is 49.6 Å². The Labute approximate surface area is 198 Å². The smallest absolute Gasteiger partial charge is 0.417 e. The minimum atomic E-state index is -4.87. The lowest BCUT2D eigenvalue weighted by atomic mass is 9.83. The van der Waals surface area contributed by atoms with E-state index in [0.29, 0.717) is 5.92 Å². The van der Waals surface area contributed by atoms with Crippen LogP contribution in [0.4, 0.5) is 18.9 Å². The van der Waals surface area contributed by atoms with Crippen LogP contribution in [0.5, 0.6) is 11.8 Å². The fourth-order valence-corrected chi connectivity index (χ4v) is 4.18. The number of hydrogen-bond donors (Lipinski definition) is 1. The average molecular weight is 507 g/mol. The van der Waals surface area contributed by atoms with Gasteiger partial charge in [0, 0.05) is 23.9 Å². The van der Waals surface area contributed by atoms with Gasteiger partial charge in [0.05, 0.1) is 10.6 Å². The molecule has 0 spiro atoms. The number of aromatic nitrogens is 4. The molecule has 4 rings (SSSR count). The molecule has 1 aliphatic rings. The SMILES string of the molecule is Cc1c(C(F)(F)F)nnc(Oc2ccc(C3CCC3)nn2)c1C(=O)Nc1cccc(S(C)(=O)=O)c1. The molecule has 184 valence electrons. The molecule has 9 nitrogen and oxygen atoms in total. The zero-order valence-electron chi connectivity index (χ0n) is 18.6. The van der Waals surface area contributed by atoms with Gasteiger partial charge in [0.2, 0.25) is 5.88 Å². The summed E-state index contributed by atoms with van der Waals surface area (Å²) in [6.45, 7) is 1.07. The van der Waals surface area contributed by atoms with Gasteiger partial charge in [-0.2, -0.15) is 18.3 Å². The van der Waals surface area contributed by atoms with Gasteiger partial charge in [-0.1, -0.05) is 12.5 Å². The molecule has 0 aliphatic heterocycles. The fourth-order valence-electron chi connectivity index (χ4n) is 3.51. The predicted octanol–water partition coefficient (Wildman–Crippen LogP) is 4.31. The molecule has 13 heteroatoms. The molecule has 1 fully saturated rings. The average Bonchev–Trinajstić information content (AvgIpc) is 2.72. The summed E-state index contributed by atoms with van der Waals surface area (Å²) in [5.74, 6) is -1.26. The Morgan fingerprint density at radius 3 is 2.40 bits per heavy atom. The van der Waals surface area contributed by atoms with Crippen molar-refractivity contribution >= 4 is 21.4 Å². The highest BCUT2D eigenvalue weighted by atomic mass is 32.2. The summed E-state index contributed by atoms with van der Waals surface area (Å²) < 4.78 is 69.5. The van der Waals surface area contributed by atoms with Crippen molar-refractivity contribution in [1.29, 1.82) is 0 Å². The summed E-state index contributed by atoms with van der Waals surface area (Å²) in [7, 11) is -3.58. The molecule has 3 aromatic rings. The number of alkyl halides is 3. The van der Waals surface area contributed by atoms with Gasteiger partial charge in [0.15, 0.2) is 15.5 Å². The number of sulfone groups is 1. The maximum Gasteiger partial charge on any atom is 0.435 e. The van der Waals surface area contributed by atoms with Crippen LogP contribution < -0.4 is 10.1 Å². The van der Waals surface area contributed by atoms with Crippen molar-refractivity contribution < 1.29 is 31.1 Å². The molecule has 0 bridgehead atoms. The number of nitrogens with one attached hydrogen (secondary N) is 1. The largest absolute Gasteiger partial charge is 0.435 e. The Balaban J connectivity index is 1.69. The Bertz CT molecular complexity index is 1370. The Morgan fingerprint density at radius 1 is 1.09 bits per heavy atom. The number of hydrogen-bond acceptors (Lipinski definition) is 8. The first-order chi connectivity index (χ1) is 16.4. The van der Waals surface area contributed by atoms with E-state index < -0.39 is 44.6 Å². The van der Waals surface area contributed by atoms with Gasteiger partial charge >= 0.3 is 6.18 Å². The van der Waals surface area contributed by atoms with E-state index in [1.54, 1.807) is 6.07 Å². The summed E-state index contributed by atoms with van der Waals surface area (Å²) in [6.07, 6.45) is -0.766. The minimum Gasteiger partial charge on any atom is -0.417 e. The molecule has 0 unspecified atom stereocenters. The molecule has 2 aromatic heterocycles. The van der Waals surface area contributed by atoms with E-state index in [1.165, 1.54) is 30.3 Å². The number of rotatable bonds is 6. The van der Waals surface area contributed by atoms with E-state index in [9.17, 15) is 26.4 Å². The summed E-state index contributed by atoms with van der Waals surface area (Å²) in [6, 6.07) is 8.49. The normalized spacial score (nSPS) is 14.3. The number of carbonyl (C=O) groups excluding carboxylic acids is 1. The molecule has 1 N–H and O–H groups in total. The Hall–Kier alpha value is -3.61. The standard InChI is InChI=1S/C22H20F3N5O4S/c1-12-18(20(31)26-14-7-4-8-15(11-14)35(2,32)33)21(30-29-19(12)22(23,24)25)34-17-10-9-16(27-28-17)13-5-3-6-13/h4,7-11,13H,3,5-6H2,1-2H3,(H,26,31). The van der Waals surface area contributed by atoms with Gasteiger partial charge in [-0.25, -0.2) is 8.42 Å². The van der Waals surface area contributed by atoms with E-state index in [1.807, 2.05) is 0 Å². The number of halogens is 3. The van der Waals surface area contributed by atoms with E-state index >= 15 is 0 Å². The highest BCUT2D eigenvalue weighted by molar-refractivity contribution is 7.90. The molecular formula is C22H20F3N5O4S. The molecular weight excluding hydrogens is 487 g/mol. The summed E-state index contributed by atoms with van der Waals surface area (Å²) in [5.41, 5.74) is -1.56. The molecule has 0 radical (unpaired) electrons. The van der Waals surface area contributed by atoms with Gasteiger partial charge in [-0.15, -0.1) is 15.3 Å². The maximum absolute atomic E-state index is 13.5. The summed E-state index contributed by atoms with van der Waals surface area (Å²) >= 11 is 0. The van der Waals surface area contributed by atoms with Gasteiger partial charge in [0.1, 0.15) is 5.56 Å². The van der Waals surface area contributed by atoms with Gasteiger partial charge in [0.25, 0.3) is 11.8 Å². The molecule has 1 amide bonds. The molecule has 0 saturated heterocycles. The second-order valence-electron chi connectivity index (χ2n) is 8.13. The number of nitrogens with zero attached hydrogens (tertiary/aromatic N) is 4. The van der Waals surface area contributed by atoms with Crippen LogP contribution in [0, 0.1) is 6.92 Å². The molecule has 1 saturated carbocycles. The lowest BCUT2D eigenvalue weighted by molar-refractivity contribution is -0.142. The monoisotopic (exact) mass is 507 g/mol. The molecule has 1 aliphatic carbocycles. The van der Waals surface area contributed by atoms with Crippen molar-refractivity contribution in [3.63, 3.8) is 0 Å². The number of anilines is 1. The quantitative estimate of drug-likeness (QED) is 0.524. The van der Waals surface area contributed by atoms with Crippen molar-refractivity contribution in [2.24, 2.45) is 0 Å². The lowest BCUT2D eigenvalue weighted by Crippen LogP contribution is -2.21. The highest BCUT2D eigenvalue weighted by Gasteiger charge is 2.38. The van der Waals surface area contributed by atoms with Crippen molar-refractivity contribution in [2.75, 3.05) is 11.6 Å². The fraction of sp³-hybridized carbons (Fsp3) is 0.318. The second kappa shape index (κ2) is 9.21. The zero-order chi connectivity index (χ0) is 25.4. The lowest BCUT2D eigenvalue weighted by Gasteiger charge is -2.23. The van der Waals surface area contributed by atoms with Crippen molar-refractivity contribution in [1.82, 2.24) is 20.4 Å². The third-order valence-electron chi connectivity index (χ3n) is 5.59. The number of ether oxygens (including phenoxy) is 1. The third-order valence-corrected chi connectivity index (χ3v) is 6.70. The van der Waals surface area contributed by atoms with Crippen LogP contribution in [0.15, 0.2) is 41.3 Å². The van der Waals surface area contributed by atoms with E-state index in [2.05, 4.69) is 25.7 Å². The van der Waals surface area contributed by atoms with Crippen LogP contribution in [0.1, 0.15) is 52.5 Å². The number of amides is 1. The van der Waals surface area contributed by atoms with E-state index in [0.717, 1.165) is 38.1 Å². The number of benzene rings is 1. The van der Waals surface area contributed by atoms with Gasteiger partial charge in [-0.3, -0.25) is 4.79 Å². The van der Waals surface area contributed by atoms with Crippen LogP contribution >= 0.6 is 0 Å². The third kappa shape index (κ3) is 5.39. The van der Waals surface area contributed by atoms with Crippen molar-refractivity contribution in [3.8, 4) is 11.8 Å². The van der Waals surface area contributed by atoms with Crippen molar-refractivity contribution in [3.05, 3.63) is 58.9 Å². The zero-order valence-corrected chi connectivity index (χ0v) is 19.4. The molecule has 35 heavy (non-hydrogen) atoms. The van der Waals surface area contributed by atoms with Crippen molar-refractivity contribution in [2.45, 2.75) is 43.2 Å². The first kappa shape index (κ1) is 24.5. The van der Waals surface area contributed by atoms with Gasteiger partial charge < -0.3 is 10.1 Å². The number of carbonyl (C=O) groups is 1. The molecule has 0 atom stereocenters. The van der Waals surface area contributed by atoms with Crippen LogP contribution in [0.3, 0.4) is 0 Å². The predicted molar refractivity (Wildman–Crippen MR) is 118 cm³/mol. The first-order valence-electron chi connectivity index (χ1n) is 10.5. The van der Waals surface area contributed by atoms with Crippen LogP contribution in [0.25, 0.3) is 0 Å². The topological polar surface area (TPSA) is 124 Å². The first-order valence-corrected chi connectivity index (χ1v) is 12.4. The second-order valence-corrected chi connectivity index (χ2v) is 10.1.